The van der Waals surface area contributed by atoms with Crippen molar-refractivity contribution in [3.8, 4) is 0 Å². The number of aromatic nitrogens is 1. The fourth-order valence-corrected chi connectivity index (χ4v) is 5.45. The summed E-state index contributed by atoms with van der Waals surface area (Å²) in [6.45, 7) is 0. The van der Waals surface area contributed by atoms with Gasteiger partial charge in [-0.25, -0.2) is 0 Å². The van der Waals surface area contributed by atoms with E-state index in [0.717, 1.165) is 20.5 Å². The summed E-state index contributed by atoms with van der Waals surface area (Å²) in [5.41, 5.74) is 3.33. The zero-order chi connectivity index (χ0) is 30.7. The van der Waals surface area contributed by atoms with Crippen LogP contribution in [0.2, 0.25) is 0 Å². The second-order valence-corrected chi connectivity index (χ2v) is 11.6. The second-order valence-electron chi connectivity index (χ2n) is 9.54. The lowest BCUT2D eigenvalue weighted by Crippen LogP contribution is -2.30. The number of hydrogen-bond donors (Lipinski definition) is 3. The number of nitrogens with one attached hydrogen (secondary N) is 3. The third-order valence-corrected chi connectivity index (χ3v) is 8.16. The van der Waals surface area contributed by atoms with Crippen LogP contribution >= 0.6 is 27.7 Å². The third kappa shape index (κ3) is 8.53. The number of carbonyl (C=O) groups excluding carboxylic acids is 3. The Morgan fingerprint density at radius 1 is 0.705 bits per heavy atom. The van der Waals surface area contributed by atoms with Gasteiger partial charge >= 0.3 is 0 Å². The van der Waals surface area contributed by atoms with Gasteiger partial charge < -0.3 is 16.0 Å². The number of thioether (sulfide) groups is 1. The Kier molecular flexibility index (Phi) is 10.4. The molecule has 0 aliphatic carbocycles. The molecule has 3 N–H and O–H groups in total. The zero-order valence-electron chi connectivity index (χ0n) is 23.3. The van der Waals surface area contributed by atoms with E-state index < -0.39 is 17.1 Å². The highest BCUT2D eigenvalue weighted by Crippen LogP contribution is 2.36. The number of pyridine rings is 1. The van der Waals surface area contributed by atoms with E-state index >= 15 is 0 Å². The molecule has 5 rings (SSSR count). The molecule has 4 aromatic carbocycles. The monoisotopic (exact) mass is 662 g/mol. The van der Waals surface area contributed by atoms with Crippen molar-refractivity contribution in [1.82, 2.24) is 10.3 Å². The first-order chi connectivity index (χ1) is 21.4. The Labute approximate surface area is 268 Å². The van der Waals surface area contributed by atoms with Crippen molar-refractivity contribution in [3.63, 3.8) is 0 Å². The number of carbonyl (C=O) groups is 3. The molecule has 0 spiro atoms. The number of hydrogen-bond acceptors (Lipinski definition) is 5. The SMILES string of the molecule is O=C(Nc1ccc(SC(C(=O)Nc2ccncc2)c2ccccc2)cc1)/C(=C/c1ccc(Br)cc1)NC(=O)c1ccccc1. The molecule has 0 saturated carbocycles. The first-order valence-electron chi connectivity index (χ1n) is 13.6. The summed E-state index contributed by atoms with van der Waals surface area (Å²) in [5, 5.41) is 8.07. The van der Waals surface area contributed by atoms with Crippen LogP contribution in [0, 0.1) is 0 Å². The van der Waals surface area contributed by atoms with Crippen molar-refractivity contribution >= 4 is 62.9 Å². The molecule has 0 fully saturated rings. The molecule has 44 heavy (non-hydrogen) atoms. The average Bonchev–Trinajstić information content (AvgIpc) is 3.06. The van der Waals surface area contributed by atoms with Gasteiger partial charge in [0.2, 0.25) is 5.91 Å². The molecular weight excluding hydrogens is 636 g/mol. The number of amides is 3. The predicted molar refractivity (Wildman–Crippen MR) is 179 cm³/mol. The molecule has 9 heteroatoms. The van der Waals surface area contributed by atoms with E-state index in [1.54, 1.807) is 67.0 Å². The fraction of sp³-hybridized carbons (Fsp3) is 0.0286. The Morgan fingerprint density at radius 2 is 1.32 bits per heavy atom. The van der Waals surface area contributed by atoms with Crippen LogP contribution in [0.1, 0.15) is 26.7 Å². The van der Waals surface area contributed by atoms with E-state index in [2.05, 4.69) is 36.9 Å². The van der Waals surface area contributed by atoms with E-state index in [0.29, 0.717) is 16.9 Å². The van der Waals surface area contributed by atoms with E-state index in [4.69, 9.17) is 0 Å². The molecule has 1 heterocycles. The molecule has 1 unspecified atom stereocenters. The molecule has 0 saturated heterocycles. The quantitative estimate of drug-likeness (QED) is 0.105. The molecule has 1 atom stereocenters. The Morgan fingerprint density at radius 3 is 1.98 bits per heavy atom. The topological polar surface area (TPSA) is 100 Å². The van der Waals surface area contributed by atoms with Gasteiger partial charge in [0.25, 0.3) is 11.8 Å². The van der Waals surface area contributed by atoms with Crippen LogP contribution < -0.4 is 16.0 Å². The number of rotatable bonds is 10. The molecular formula is C35H27BrN4O3S. The predicted octanol–water partition coefficient (Wildman–Crippen LogP) is 7.73. The maximum absolute atomic E-state index is 13.4. The number of nitrogens with zero attached hydrogens (tertiary/aromatic N) is 1. The van der Waals surface area contributed by atoms with Gasteiger partial charge in [-0.1, -0.05) is 76.6 Å². The van der Waals surface area contributed by atoms with Crippen LogP contribution in [0.3, 0.4) is 0 Å². The normalized spacial score (nSPS) is 11.7. The fourth-order valence-electron chi connectivity index (χ4n) is 4.16. The third-order valence-electron chi connectivity index (χ3n) is 6.36. The van der Waals surface area contributed by atoms with Gasteiger partial charge in [-0.3, -0.25) is 19.4 Å². The van der Waals surface area contributed by atoms with Gasteiger partial charge in [0.05, 0.1) is 0 Å². The maximum Gasteiger partial charge on any atom is 0.272 e. The second kappa shape index (κ2) is 15.0. The van der Waals surface area contributed by atoms with Crippen LogP contribution in [0.4, 0.5) is 11.4 Å². The standard InChI is InChI=1S/C35H27BrN4O3S/c36-27-13-11-24(12-14-27)23-31(40-33(41)26-9-5-2-6-10-26)34(42)38-28-15-17-30(18-16-28)44-32(25-7-3-1-4-8-25)35(43)39-29-19-21-37-22-20-29/h1-23,32H,(H,38,42)(H,40,41)(H,37,39,43)/b31-23-. The van der Waals surface area contributed by atoms with Gasteiger partial charge in [0, 0.05) is 38.7 Å². The van der Waals surface area contributed by atoms with Crippen LogP contribution in [-0.4, -0.2) is 22.7 Å². The minimum atomic E-state index is -0.515. The number of benzene rings is 4. The molecule has 7 nitrogen and oxygen atoms in total. The number of anilines is 2. The van der Waals surface area contributed by atoms with E-state index in [-0.39, 0.29) is 11.6 Å². The zero-order valence-corrected chi connectivity index (χ0v) is 25.7. The lowest BCUT2D eigenvalue weighted by molar-refractivity contribution is -0.116. The van der Waals surface area contributed by atoms with Gasteiger partial charge in [-0.05, 0) is 77.9 Å². The van der Waals surface area contributed by atoms with Gasteiger partial charge in [0.1, 0.15) is 10.9 Å². The largest absolute Gasteiger partial charge is 0.325 e. The summed E-state index contributed by atoms with van der Waals surface area (Å²) >= 11 is 4.82. The average molecular weight is 664 g/mol. The minimum Gasteiger partial charge on any atom is -0.325 e. The lowest BCUT2D eigenvalue weighted by atomic mass is 10.1. The smallest absolute Gasteiger partial charge is 0.272 e. The van der Waals surface area contributed by atoms with Crippen LogP contribution in [0.25, 0.3) is 6.08 Å². The molecule has 1 aromatic heterocycles. The van der Waals surface area contributed by atoms with Crippen molar-refractivity contribution in [2.24, 2.45) is 0 Å². The Bertz CT molecular complexity index is 1750. The summed E-state index contributed by atoms with van der Waals surface area (Å²) < 4.78 is 0.899. The molecule has 0 aliphatic heterocycles. The highest BCUT2D eigenvalue weighted by Gasteiger charge is 2.22. The summed E-state index contributed by atoms with van der Waals surface area (Å²) in [4.78, 5) is 44.5. The first kappa shape index (κ1) is 30.5. The molecule has 3 amide bonds. The number of halogens is 1. The van der Waals surface area contributed by atoms with Crippen LogP contribution in [0.5, 0.6) is 0 Å². The minimum absolute atomic E-state index is 0.0940. The van der Waals surface area contributed by atoms with Gasteiger partial charge in [-0.15, -0.1) is 11.8 Å². The summed E-state index contributed by atoms with van der Waals surface area (Å²) in [6.07, 6.45) is 4.87. The van der Waals surface area contributed by atoms with E-state index in [1.807, 2.05) is 72.8 Å². The molecule has 0 radical (unpaired) electrons. The van der Waals surface area contributed by atoms with E-state index in [9.17, 15) is 14.4 Å². The maximum atomic E-state index is 13.4. The van der Waals surface area contributed by atoms with Crippen molar-refractivity contribution in [3.05, 3.63) is 161 Å². The molecule has 218 valence electrons. The van der Waals surface area contributed by atoms with Crippen LogP contribution in [0.15, 0.2) is 149 Å². The Balaban J connectivity index is 1.32. The van der Waals surface area contributed by atoms with Gasteiger partial charge in [0.15, 0.2) is 0 Å². The first-order valence-corrected chi connectivity index (χ1v) is 15.3. The summed E-state index contributed by atoms with van der Waals surface area (Å²) in [6, 6.07) is 36.3. The Hall–Kier alpha value is -4.99. The van der Waals surface area contributed by atoms with E-state index in [1.165, 1.54) is 11.8 Å². The van der Waals surface area contributed by atoms with Crippen molar-refractivity contribution in [2.45, 2.75) is 10.1 Å². The molecule has 0 bridgehead atoms. The highest BCUT2D eigenvalue weighted by molar-refractivity contribution is 9.10. The molecule has 0 aliphatic rings. The highest BCUT2D eigenvalue weighted by atomic mass is 79.9. The summed E-state index contributed by atoms with van der Waals surface area (Å²) in [7, 11) is 0. The van der Waals surface area contributed by atoms with Crippen molar-refractivity contribution < 1.29 is 14.4 Å². The van der Waals surface area contributed by atoms with Crippen molar-refractivity contribution in [2.75, 3.05) is 10.6 Å². The van der Waals surface area contributed by atoms with Crippen molar-refractivity contribution in [1.29, 1.82) is 0 Å². The van der Waals surface area contributed by atoms with Gasteiger partial charge in [-0.2, -0.15) is 0 Å². The lowest BCUT2D eigenvalue weighted by Gasteiger charge is -2.17. The molecule has 5 aromatic rings. The van der Waals surface area contributed by atoms with Crippen LogP contribution in [-0.2, 0) is 9.59 Å². The summed E-state index contributed by atoms with van der Waals surface area (Å²) in [5.74, 6) is -1.04.